The van der Waals surface area contributed by atoms with Crippen molar-refractivity contribution in [2.24, 2.45) is 5.73 Å². The molecule has 1 atom stereocenters. The Bertz CT molecular complexity index is 570. The molecule has 2 rings (SSSR count). The summed E-state index contributed by atoms with van der Waals surface area (Å²) in [5, 5.41) is 0. The van der Waals surface area contributed by atoms with Gasteiger partial charge in [-0.1, -0.05) is 50.1 Å². The van der Waals surface area contributed by atoms with Crippen LogP contribution in [0.1, 0.15) is 24.1 Å². The van der Waals surface area contributed by atoms with Gasteiger partial charge in [0, 0.05) is 20.6 Å². The van der Waals surface area contributed by atoms with E-state index in [2.05, 4.69) is 31.9 Å². The monoisotopic (exact) mass is 383 g/mol. The number of hydrogen-bond donors (Lipinski definition) is 1. The third kappa shape index (κ3) is 4.06. The first kappa shape index (κ1) is 14.6. The summed E-state index contributed by atoms with van der Waals surface area (Å²) < 4.78 is 7.93. The summed E-state index contributed by atoms with van der Waals surface area (Å²) in [6, 6.07) is 13.9. The lowest BCUT2D eigenvalue weighted by atomic mass is 10.1. The molecule has 0 aromatic heterocycles. The fourth-order valence-electron chi connectivity index (χ4n) is 1.80. The largest absolute Gasteiger partial charge is 0.489 e. The van der Waals surface area contributed by atoms with E-state index in [0.717, 1.165) is 25.8 Å². The number of ether oxygens (including phenoxy) is 1. The van der Waals surface area contributed by atoms with Crippen LogP contribution in [0.2, 0.25) is 0 Å². The lowest BCUT2D eigenvalue weighted by molar-refractivity contribution is 0.301. The molecule has 100 valence electrons. The Hall–Kier alpha value is -0.840. The zero-order valence-electron chi connectivity index (χ0n) is 10.6. The molecule has 0 fully saturated rings. The van der Waals surface area contributed by atoms with Gasteiger partial charge < -0.3 is 10.5 Å². The van der Waals surface area contributed by atoms with E-state index < -0.39 is 0 Å². The van der Waals surface area contributed by atoms with E-state index in [4.69, 9.17) is 10.5 Å². The molecule has 0 unspecified atom stereocenters. The van der Waals surface area contributed by atoms with Gasteiger partial charge in [0.05, 0.1) is 0 Å². The third-order valence-electron chi connectivity index (χ3n) is 2.75. The summed E-state index contributed by atoms with van der Waals surface area (Å²) in [4.78, 5) is 0. The van der Waals surface area contributed by atoms with Crippen molar-refractivity contribution in [2.75, 3.05) is 0 Å². The molecular formula is C15H15Br2NO. The zero-order chi connectivity index (χ0) is 13.8. The quantitative estimate of drug-likeness (QED) is 0.820. The fraction of sp³-hybridized carbons (Fsp3) is 0.200. The minimum Gasteiger partial charge on any atom is -0.489 e. The normalized spacial score (nSPS) is 12.2. The number of rotatable bonds is 4. The number of halogens is 2. The standard InChI is InChI=1S/C15H15Br2NO/c1-10(18)14-6-5-13(17)8-15(14)19-9-11-3-2-4-12(16)7-11/h2-8,10H,9,18H2,1H3/t10-/m1/s1. The van der Waals surface area contributed by atoms with Crippen molar-refractivity contribution in [2.45, 2.75) is 19.6 Å². The van der Waals surface area contributed by atoms with Crippen molar-refractivity contribution in [3.05, 3.63) is 62.5 Å². The molecule has 0 amide bonds. The molecular weight excluding hydrogens is 370 g/mol. The summed E-state index contributed by atoms with van der Waals surface area (Å²) >= 11 is 6.91. The Morgan fingerprint density at radius 1 is 1.11 bits per heavy atom. The van der Waals surface area contributed by atoms with Crippen molar-refractivity contribution in [1.82, 2.24) is 0 Å². The van der Waals surface area contributed by atoms with E-state index in [9.17, 15) is 0 Å². The van der Waals surface area contributed by atoms with Crippen LogP contribution < -0.4 is 10.5 Å². The smallest absolute Gasteiger partial charge is 0.125 e. The van der Waals surface area contributed by atoms with Gasteiger partial charge >= 0.3 is 0 Å². The van der Waals surface area contributed by atoms with Crippen molar-refractivity contribution in [1.29, 1.82) is 0 Å². The van der Waals surface area contributed by atoms with E-state index in [1.165, 1.54) is 0 Å². The second kappa shape index (κ2) is 6.55. The van der Waals surface area contributed by atoms with Gasteiger partial charge in [-0.25, -0.2) is 0 Å². The van der Waals surface area contributed by atoms with Crippen LogP contribution >= 0.6 is 31.9 Å². The highest BCUT2D eigenvalue weighted by molar-refractivity contribution is 9.10. The Balaban J connectivity index is 2.17. The van der Waals surface area contributed by atoms with Gasteiger partial charge in [0.15, 0.2) is 0 Å². The van der Waals surface area contributed by atoms with Crippen LogP contribution in [0.5, 0.6) is 5.75 Å². The van der Waals surface area contributed by atoms with Crippen LogP contribution in [-0.2, 0) is 6.61 Å². The molecule has 0 saturated carbocycles. The Kier molecular flexibility index (Phi) is 5.02. The first-order chi connectivity index (χ1) is 9.06. The average Bonchev–Trinajstić information content (AvgIpc) is 2.36. The Labute approximate surface area is 130 Å². The van der Waals surface area contributed by atoms with Crippen LogP contribution in [0.25, 0.3) is 0 Å². The minimum absolute atomic E-state index is 0.0504. The van der Waals surface area contributed by atoms with Gasteiger partial charge in [-0.2, -0.15) is 0 Å². The average molecular weight is 385 g/mol. The van der Waals surface area contributed by atoms with Crippen LogP contribution in [0, 0.1) is 0 Å². The van der Waals surface area contributed by atoms with Crippen molar-refractivity contribution < 1.29 is 4.74 Å². The van der Waals surface area contributed by atoms with E-state index in [1.54, 1.807) is 0 Å². The maximum Gasteiger partial charge on any atom is 0.125 e. The van der Waals surface area contributed by atoms with Gasteiger partial charge in [-0.3, -0.25) is 0 Å². The van der Waals surface area contributed by atoms with Gasteiger partial charge in [0.25, 0.3) is 0 Å². The molecule has 2 aromatic rings. The van der Waals surface area contributed by atoms with E-state index in [-0.39, 0.29) is 6.04 Å². The molecule has 4 heteroatoms. The minimum atomic E-state index is -0.0504. The number of hydrogen-bond acceptors (Lipinski definition) is 2. The number of benzene rings is 2. The Morgan fingerprint density at radius 2 is 1.84 bits per heavy atom. The first-order valence-corrected chi connectivity index (χ1v) is 7.57. The van der Waals surface area contributed by atoms with Crippen molar-refractivity contribution >= 4 is 31.9 Å². The highest BCUT2D eigenvalue weighted by atomic mass is 79.9. The summed E-state index contributed by atoms with van der Waals surface area (Å²) in [6.07, 6.45) is 0. The van der Waals surface area contributed by atoms with E-state index in [1.807, 2.05) is 49.4 Å². The van der Waals surface area contributed by atoms with Crippen LogP contribution in [-0.4, -0.2) is 0 Å². The molecule has 0 radical (unpaired) electrons. The topological polar surface area (TPSA) is 35.2 Å². The number of nitrogens with two attached hydrogens (primary N) is 1. The van der Waals surface area contributed by atoms with Gasteiger partial charge in [-0.05, 0) is 36.8 Å². The first-order valence-electron chi connectivity index (χ1n) is 5.98. The zero-order valence-corrected chi connectivity index (χ0v) is 13.7. The summed E-state index contributed by atoms with van der Waals surface area (Å²) in [7, 11) is 0. The SMILES string of the molecule is C[C@@H](N)c1ccc(Br)cc1OCc1cccc(Br)c1. The maximum absolute atomic E-state index is 5.95. The van der Waals surface area contributed by atoms with Gasteiger partial charge in [0.1, 0.15) is 12.4 Å². The maximum atomic E-state index is 5.95. The van der Waals surface area contributed by atoms with Crippen molar-refractivity contribution in [3.8, 4) is 5.75 Å². The van der Waals surface area contributed by atoms with Gasteiger partial charge in [0.2, 0.25) is 0 Å². The second-order valence-corrected chi connectivity index (χ2v) is 6.22. The predicted octanol–water partition coefficient (Wildman–Crippen LogP) is 4.81. The molecule has 2 N–H and O–H groups in total. The molecule has 0 spiro atoms. The lowest BCUT2D eigenvalue weighted by Crippen LogP contribution is -2.08. The lowest BCUT2D eigenvalue weighted by Gasteiger charge is -2.14. The highest BCUT2D eigenvalue weighted by Crippen LogP contribution is 2.28. The highest BCUT2D eigenvalue weighted by Gasteiger charge is 2.09. The molecule has 0 aliphatic carbocycles. The van der Waals surface area contributed by atoms with E-state index in [0.29, 0.717) is 6.61 Å². The third-order valence-corrected chi connectivity index (χ3v) is 3.74. The molecule has 0 heterocycles. The molecule has 0 saturated heterocycles. The molecule has 2 aromatic carbocycles. The van der Waals surface area contributed by atoms with E-state index >= 15 is 0 Å². The van der Waals surface area contributed by atoms with Crippen molar-refractivity contribution in [3.63, 3.8) is 0 Å². The summed E-state index contributed by atoms with van der Waals surface area (Å²) in [5.74, 6) is 0.823. The molecule has 0 aliphatic rings. The molecule has 0 bridgehead atoms. The van der Waals surface area contributed by atoms with Crippen LogP contribution in [0.15, 0.2) is 51.4 Å². The van der Waals surface area contributed by atoms with Crippen LogP contribution in [0.3, 0.4) is 0 Å². The summed E-state index contributed by atoms with van der Waals surface area (Å²) in [5.41, 5.74) is 8.08. The molecule has 19 heavy (non-hydrogen) atoms. The summed E-state index contributed by atoms with van der Waals surface area (Å²) in [6.45, 7) is 2.48. The van der Waals surface area contributed by atoms with Gasteiger partial charge in [-0.15, -0.1) is 0 Å². The predicted molar refractivity (Wildman–Crippen MR) is 85.2 cm³/mol. The molecule has 0 aliphatic heterocycles. The Morgan fingerprint density at radius 3 is 2.53 bits per heavy atom. The fourth-order valence-corrected chi connectivity index (χ4v) is 2.58. The van der Waals surface area contributed by atoms with Crippen LogP contribution in [0.4, 0.5) is 0 Å². The molecule has 2 nitrogen and oxygen atoms in total. The second-order valence-electron chi connectivity index (χ2n) is 4.39.